The van der Waals surface area contributed by atoms with Crippen LogP contribution in [-0.4, -0.2) is 56.4 Å². The summed E-state index contributed by atoms with van der Waals surface area (Å²) in [7, 11) is 0. The van der Waals surface area contributed by atoms with Crippen molar-refractivity contribution in [2.75, 3.05) is 6.61 Å². The van der Waals surface area contributed by atoms with Gasteiger partial charge < -0.3 is 25.5 Å². The predicted octanol–water partition coefficient (Wildman–Crippen LogP) is 4.15. The zero-order valence-corrected chi connectivity index (χ0v) is 23.0. The molecule has 0 radical (unpaired) electrons. The van der Waals surface area contributed by atoms with Crippen molar-refractivity contribution in [3.8, 4) is 0 Å². The van der Waals surface area contributed by atoms with E-state index in [0.717, 1.165) is 32.1 Å². The van der Waals surface area contributed by atoms with Gasteiger partial charge in [-0.3, -0.25) is 4.79 Å². The molecule has 0 heterocycles. The van der Waals surface area contributed by atoms with Crippen LogP contribution in [0.5, 0.6) is 0 Å². The SMILES string of the molecule is CC1(C)CC[C@]2(C(=O)O)CC[C@]3(C)C(=CC[C@@H]4[C@@]5(C)C[C@H](O)[C@H](O)[C@@](C)(CO)[C@@H]5[C@H](O)C[C@]43C)[C@@H]2C1. The fraction of sp³-hybridized carbons (Fsp3) is 0.900. The van der Waals surface area contributed by atoms with Crippen LogP contribution in [0.4, 0.5) is 0 Å². The minimum atomic E-state index is -1.08. The number of aliphatic carboxylic acids is 1. The third kappa shape index (κ3) is 3.08. The number of rotatable bonds is 2. The Kier molecular flexibility index (Phi) is 5.77. The number of carbonyl (C=O) groups is 1. The standard InChI is InChI=1S/C30H48O6/c1-25(2)9-11-30(24(35)36)12-10-28(5)17(18(30)13-25)7-8-21-26(3)14-20(33)23(34)27(4,16-31)22(26)19(32)15-29(21,28)6/h7,18-23,31-34H,8-16H2,1-6H3,(H,35,36)/t18-,19+,20-,21+,22+,23-,26+,27-,28+,29+,30-/m0/s1. The summed E-state index contributed by atoms with van der Waals surface area (Å²) in [5.41, 5.74) is -1.32. The minimum Gasteiger partial charge on any atom is -0.481 e. The summed E-state index contributed by atoms with van der Waals surface area (Å²) >= 11 is 0. The van der Waals surface area contributed by atoms with Gasteiger partial charge in [-0.15, -0.1) is 0 Å². The van der Waals surface area contributed by atoms with Crippen molar-refractivity contribution in [2.45, 2.75) is 111 Å². The molecule has 5 aliphatic rings. The molecule has 4 fully saturated rings. The van der Waals surface area contributed by atoms with Crippen molar-refractivity contribution in [1.82, 2.24) is 0 Å². The van der Waals surface area contributed by atoms with Gasteiger partial charge in [0.1, 0.15) is 0 Å². The van der Waals surface area contributed by atoms with Gasteiger partial charge in [0, 0.05) is 11.3 Å². The molecule has 0 spiro atoms. The van der Waals surface area contributed by atoms with Crippen molar-refractivity contribution < 1.29 is 30.3 Å². The summed E-state index contributed by atoms with van der Waals surface area (Å²) in [6.07, 6.45) is 5.27. The Hall–Kier alpha value is -0.950. The molecule has 0 amide bonds. The quantitative estimate of drug-likeness (QED) is 0.361. The fourth-order valence-corrected chi connectivity index (χ4v) is 10.9. The van der Waals surface area contributed by atoms with Gasteiger partial charge in [-0.1, -0.05) is 53.2 Å². The number of carboxylic acid groups (broad SMARTS) is 1. The summed E-state index contributed by atoms with van der Waals surface area (Å²) in [5.74, 6) is -0.842. The Bertz CT molecular complexity index is 974. The molecule has 0 aromatic carbocycles. The summed E-state index contributed by atoms with van der Waals surface area (Å²) in [6, 6.07) is 0. The summed E-state index contributed by atoms with van der Waals surface area (Å²) in [5, 5.41) is 54.6. The first-order valence-electron chi connectivity index (χ1n) is 14.1. The third-order valence-corrected chi connectivity index (χ3v) is 13.0. The Morgan fingerprint density at radius 1 is 0.917 bits per heavy atom. The smallest absolute Gasteiger partial charge is 0.310 e. The third-order valence-electron chi connectivity index (χ3n) is 13.0. The number of allylic oxidation sites excluding steroid dienone is 2. The highest BCUT2D eigenvalue weighted by molar-refractivity contribution is 5.76. The first-order chi connectivity index (χ1) is 16.5. The highest BCUT2D eigenvalue weighted by Gasteiger charge is 2.72. The van der Waals surface area contributed by atoms with E-state index in [9.17, 15) is 30.3 Å². The van der Waals surface area contributed by atoms with Gasteiger partial charge in [0.25, 0.3) is 0 Å². The van der Waals surface area contributed by atoms with Gasteiger partial charge in [0.2, 0.25) is 0 Å². The Morgan fingerprint density at radius 3 is 2.17 bits per heavy atom. The van der Waals surface area contributed by atoms with Crippen LogP contribution >= 0.6 is 0 Å². The number of aliphatic hydroxyl groups excluding tert-OH is 4. The molecule has 5 N–H and O–H groups in total. The molecule has 36 heavy (non-hydrogen) atoms. The van der Waals surface area contributed by atoms with Gasteiger partial charge in [0.15, 0.2) is 0 Å². The predicted molar refractivity (Wildman–Crippen MR) is 137 cm³/mol. The lowest BCUT2D eigenvalue weighted by Gasteiger charge is -2.72. The monoisotopic (exact) mass is 504 g/mol. The minimum absolute atomic E-state index is 0.000534. The largest absolute Gasteiger partial charge is 0.481 e. The average Bonchev–Trinajstić information content (AvgIpc) is 2.77. The highest BCUT2D eigenvalue weighted by Crippen LogP contribution is 2.75. The second-order valence-electron chi connectivity index (χ2n) is 15.2. The molecule has 5 rings (SSSR count). The zero-order chi connectivity index (χ0) is 26.7. The van der Waals surface area contributed by atoms with Crippen LogP contribution in [0.25, 0.3) is 0 Å². The molecule has 0 bridgehead atoms. The Balaban J connectivity index is 1.64. The molecule has 6 heteroatoms. The zero-order valence-electron chi connectivity index (χ0n) is 23.0. The van der Waals surface area contributed by atoms with Gasteiger partial charge in [-0.2, -0.15) is 0 Å². The lowest BCUT2D eigenvalue weighted by molar-refractivity contribution is -0.273. The molecule has 5 aliphatic carbocycles. The first kappa shape index (κ1) is 26.6. The molecular weight excluding hydrogens is 456 g/mol. The summed E-state index contributed by atoms with van der Waals surface area (Å²) < 4.78 is 0. The van der Waals surface area contributed by atoms with E-state index in [0.29, 0.717) is 19.3 Å². The van der Waals surface area contributed by atoms with E-state index in [-0.39, 0.29) is 40.6 Å². The van der Waals surface area contributed by atoms with Gasteiger partial charge in [-0.05, 0) is 84.9 Å². The lowest BCUT2D eigenvalue weighted by Crippen LogP contribution is -2.71. The maximum absolute atomic E-state index is 12.8. The maximum Gasteiger partial charge on any atom is 0.310 e. The molecule has 6 nitrogen and oxygen atoms in total. The van der Waals surface area contributed by atoms with Crippen molar-refractivity contribution in [1.29, 1.82) is 0 Å². The van der Waals surface area contributed by atoms with E-state index in [4.69, 9.17) is 0 Å². The van der Waals surface area contributed by atoms with E-state index in [2.05, 4.69) is 40.7 Å². The molecule has 0 aromatic rings. The highest BCUT2D eigenvalue weighted by atomic mass is 16.4. The summed E-state index contributed by atoms with van der Waals surface area (Å²) in [6.45, 7) is 12.8. The van der Waals surface area contributed by atoms with Gasteiger partial charge in [-0.25, -0.2) is 0 Å². The van der Waals surface area contributed by atoms with E-state index < -0.39 is 40.5 Å². The van der Waals surface area contributed by atoms with E-state index in [1.54, 1.807) is 0 Å². The lowest BCUT2D eigenvalue weighted by atomic mass is 9.33. The van der Waals surface area contributed by atoms with Gasteiger partial charge >= 0.3 is 5.97 Å². The van der Waals surface area contributed by atoms with Crippen molar-refractivity contribution in [3.05, 3.63) is 11.6 Å². The second-order valence-corrected chi connectivity index (χ2v) is 15.2. The van der Waals surface area contributed by atoms with Crippen LogP contribution in [0.3, 0.4) is 0 Å². The van der Waals surface area contributed by atoms with E-state index in [1.165, 1.54) is 5.57 Å². The normalized spacial score (nSPS) is 55.9. The van der Waals surface area contributed by atoms with Crippen LogP contribution in [0.2, 0.25) is 0 Å². The van der Waals surface area contributed by atoms with Crippen LogP contribution in [0.1, 0.15) is 92.9 Å². The topological polar surface area (TPSA) is 118 Å². The Morgan fingerprint density at radius 2 is 1.56 bits per heavy atom. The van der Waals surface area contributed by atoms with E-state index >= 15 is 0 Å². The van der Waals surface area contributed by atoms with E-state index in [1.807, 2.05) is 6.92 Å². The molecule has 4 saturated carbocycles. The van der Waals surface area contributed by atoms with Crippen molar-refractivity contribution in [2.24, 2.45) is 50.2 Å². The first-order valence-corrected chi connectivity index (χ1v) is 14.1. The van der Waals surface area contributed by atoms with Crippen LogP contribution in [-0.2, 0) is 4.79 Å². The molecule has 0 aromatic heterocycles. The number of fused-ring (bicyclic) bond motifs is 7. The number of aliphatic hydroxyl groups is 4. The maximum atomic E-state index is 12.8. The van der Waals surface area contributed by atoms with Crippen LogP contribution in [0, 0.1) is 50.2 Å². The molecular formula is C30H48O6. The van der Waals surface area contributed by atoms with Gasteiger partial charge in [0.05, 0.1) is 30.3 Å². The molecule has 11 atom stereocenters. The fourth-order valence-electron chi connectivity index (χ4n) is 10.9. The van der Waals surface area contributed by atoms with Crippen molar-refractivity contribution in [3.63, 3.8) is 0 Å². The number of hydrogen-bond acceptors (Lipinski definition) is 5. The molecule has 204 valence electrons. The van der Waals surface area contributed by atoms with Crippen LogP contribution < -0.4 is 0 Å². The second kappa shape index (κ2) is 7.80. The Labute approximate surface area is 216 Å². The number of hydrogen-bond donors (Lipinski definition) is 5. The average molecular weight is 505 g/mol. The molecule has 0 unspecified atom stereocenters. The summed E-state index contributed by atoms with van der Waals surface area (Å²) in [4.78, 5) is 12.8. The number of carboxylic acids is 1. The van der Waals surface area contributed by atoms with Crippen LogP contribution in [0.15, 0.2) is 11.6 Å². The van der Waals surface area contributed by atoms with Crippen molar-refractivity contribution >= 4 is 5.97 Å². The molecule has 0 saturated heterocycles. The molecule has 0 aliphatic heterocycles.